The van der Waals surface area contributed by atoms with Gasteiger partial charge in [-0.1, -0.05) is 0 Å². The average molecular weight is 359 g/mol. The molecule has 1 aromatic carbocycles. The van der Waals surface area contributed by atoms with Gasteiger partial charge in [-0.05, 0) is 45.0 Å². The number of benzene rings is 1. The highest BCUT2D eigenvalue weighted by molar-refractivity contribution is 8.00. The quantitative estimate of drug-likeness (QED) is 0.715. The monoisotopic (exact) mass is 359 g/mol. The van der Waals surface area contributed by atoms with Gasteiger partial charge in [0.25, 0.3) is 11.8 Å². The Morgan fingerprint density at radius 2 is 1.88 bits per heavy atom. The highest BCUT2D eigenvalue weighted by atomic mass is 32.2. The van der Waals surface area contributed by atoms with Gasteiger partial charge in [-0.2, -0.15) is 0 Å². The third-order valence-corrected chi connectivity index (χ3v) is 4.93. The van der Waals surface area contributed by atoms with Crippen molar-refractivity contribution < 1.29 is 18.8 Å². The highest BCUT2D eigenvalue weighted by Gasteiger charge is 2.24. The maximum atomic E-state index is 12.2. The van der Waals surface area contributed by atoms with Gasteiger partial charge in [-0.25, -0.2) is 0 Å². The Morgan fingerprint density at radius 1 is 1.16 bits per heavy atom. The summed E-state index contributed by atoms with van der Waals surface area (Å²) in [5, 5.41) is 2.59. The third-order valence-electron chi connectivity index (χ3n) is 3.75. The van der Waals surface area contributed by atoms with E-state index in [1.54, 1.807) is 38.1 Å². The van der Waals surface area contributed by atoms with Gasteiger partial charge in [-0.15, -0.1) is 11.8 Å². The maximum Gasteiger partial charge on any atom is 0.273 e. The zero-order chi connectivity index (χ0) is 18.1. The van der Waals surface area contributed by atoms with Crippen LogP contribution >= 0.6 is 11.8 Å². The Balaban J connectivity index is 1.68. The minimum Gasteiger partial charge on any atom is -0.466 e. The highest BCUT2D eigenvalue weighted by Crippen LogP contribution is 2.35. The number of hydrogen-bond donors (Lipinski definition) is 3. The molecule has 2 heterocycles. The van der Waals surface area contributed by atoms with E-state index < -0.39 is 11.8 Å². The third kappa shape index (κ3) is 3.53. The molecule has 25 heavy (non-hydrogen) atoms. The van der Waals surface area contributed by atoms with Crippen molar-refractivity contribution in [2.24, 2.45) is 0 Å². The summed E-state index contributed by atoms with van der Waals surface area (Å²) < 4.78 is 5.29. The lowest BCUT2D eigenvalue weighted by Crippen LogP contribution is -2.41. The number of carbonyl (C=O) groups excluding carboxylic acids is 3. The molecule has 0 radical (unpaired) electrons. The summed E-state index contributed by atoms with van der Waals surface area (Å²) in [6, 6.07) is 6.60. The smallest absolute Gasteiger partial charge is 0.273 e. The normalized spacial score (nSPS) is 16.0. The van der Waals surface area contributed by atoms with Crippen LogP contribution in [0.15, 0.2) is 33.6 Å². The number of anilines is 1. The van der Waals surface area contributed by atoms with E-state index in [9.17, 15) is 14.4 Å². The SMILES string of the molecule is Cc1cc(C(=O)NNC(=O)c2ccc3c(c2)NC(=O)C(C)S3)c(C)o1. The number of nitrogens with one attached hydrogen (secondary N) is 3. The van der Waals surface area contributed by atoms with Crippen LogP contribution in [0, 0.1) is 13.8 Å². The zero-order valence-electron chi connectivity index (χ0n) is 13.9. The molecule has 0 saturated heterocycles. The average Bonchev–Trinajstić information content (AvgIpc) is 2.91. The molecule has 2 aromatic rings. The van der Waals surface area contributed by atoms with E-state index in [1.807, 2.05) is 6.92 Å². The van der Waals surface area contributed by atoms with E-state index in [2.05, 4.69) is 16.2 Å². The Hall–Kier alpha value is -2.74. The fourth-order valence-electron chi connectivity index (χ4n) is 2.46. The number of fused-ring (bicyclic) bond motifs is 1. The summed E-state index contributed by atoms with van der Waals surface area (Å²) in [4.78, 5) is 37.0. The Bertz CT molecular complexity index is 875. The number of hydrogen-bond acceptors (Lipinski definition) is 5. The summed E-state index contributed by atoms with van der Waals surface area (Å²) in [5.74, 6) is 0.0532. The molecule has 1 atom stereocenters. The van der Waals surface area contributed by atoms with Gasteiger partial charge in [0.15, 0.2) is 0 Å². The number of rotatable bonds is 2. The van der Waals surface area contributed by atoms with Crippen molar-refractivity contribution in [2.75, 3.05) is 5.32 Å². The molecular weight excluding hydrogens is 342 g/mol. The van der Waals surface area contributed by atoms with Crippen molar-refractivity contribution in [3.63, 3.8) is 0 Å². The molecule has 0 saturated carbocycles. The minimum atomic E-state index is -0.480. The molecule has 7 nitrogen and oxygen atoms in total. The van der Waals surface area contributed by atoms with Gasteiger partial charge in [-0.3, -0.25) is 25.2 Å². The lowest BCUT2D eigenvalue weighted by atomic mass is 10.2. The first-order chi connectivity index (χ1) is 11.8. The molecule has 3 amide bonds. The Kier molecular flexibility index (Phi) is 4.54. The predicted octanol–water partition coefficient (Wildman–Crippen LogP) is 2.40. The lowest BCUT2D eigenvalue weighted by molar-refractivity contribution is -0.115. The second kappa shape index (κ2) is 6.64. The van der Waals surface area contributed by atoms with Gasteiger partial charge in [0.2, 0.25) is 5.91 Å². The van der Waals surface area contributed by atoms with E-state index >= 15 is 0 Å². The Morgan fingerprint density at radius 3 is 2.56 bits per heavy atom. The molecule has 130 valence electrons. The van der Waals surface area contributed by atoms with Crippen molar-refractivity contribution in [3.8, 4) is 0 Å². The number of aryl methyl sites for hydroxylation is 2. The van der Waals surface area contributed by atoms with E-state index in [-0.39, 0.29) is 11.2 Å². The van der Waals surface area contributed by atoms with Crippen molar-refractivity contribution in [1.82, 2.24) is 10.9 Å². The van der Waals surface area contributed by atoms with Crippen LogP contribution in [-0.2, 0) is 4.79 Å². The summed E-state index contributed by atoms with van der Waals surface area (Å²) in [6.07, 6.45) is 0. The van der Waals surface area contributed by atoms with Crippen molar-refractivity contribution in [2.45, 2.75) is 30.9 Å². The molecule has 0 fully saturated rings. The fourth-order valence-corrected chi connectivity index (χ4v) is 3.39. The number of thioether (sulfide) groups is 1. The molecule has 3 rings (SSSR count). The van der Waals surface area contributed by atoms with E-state index in [4.69, 9.17) is 4.42 Å². The van der Waals surface area contributed by atoms with Crippen molar-refractivity contribution in [1.29, 1.82) is 0 Å². The molecule has 0 bridgehead atoms. The fraction of sp³-hybridized carbons (Fsp3) is 0.235. The van der Waals surface area contributed by atoms with Crippen LogP contribution < -0.4 is 16.2 Å². The maximum absolute atomic E-state index is 12.2. The molecule has 0 aliphatic carbocycles. The molecule has 3 N–H and O–H groups in total. The summed E-state index contributed by atoms with van der Waals surface area (Å²) in [5.41, 5.74) is 6.00. The first-order valence-corrected chi connectivity index (χ1v) is 8.52. The number of hydrazine groups is 1. The van der Waals surface area contributed by atoms with Gasteiger partial charge >= 0.3 is 0 Å². The van der Waals surface area contributed by atoms with Crippen LogP contribution in [0.3, 0.4) is 0 Å². The first kappa shape index (κ1) is 17.1. The molecule has 1 aliphatic heterocycles. The second-order valence-corrected chi connectivity index (χ2v) is 7.08. The van der Waals surface area contributed by atoms with Gasteiger partial charge in [0.1, 0.15) is 11.5 Å². The molecule has 1 aromatic heterocycles. The van der Waals surface area contributed by atoms with Gasteiger partial charge in [0, 0.05) is 10.5 Å². The van der Waals surface area contributed by atoms with Crippen LogP contribution in [-0.4, -0.2) is 23.0 Å². The number of furan rings is 1. The largest absolute Gasteiger partial charge is 0.466 e. The summed E-state index contributed by atoms with van der Waals surface area (Å²) >= 11 is 1.44. The Labute approximate surface area is 148 Å². The van der Waals surface area contributed by atoms with E-state index in [1.165, 1.54) is 11.8 Å². The minimum absolute atomic E-state index is 0.103. The standard InChI is InChI=1S/C17H17N3O4S/c1-8-6-12(9(2)24-8)17(23)20-19-16(22)11-4-5-14-13(7-11)18-15(21)10(3)25-14/h4-7,10H,1-3H3,(H,18,21)(H,19,22)(H,20,23). The number of carbonyl (C=O) groups is 3. The zero-order valence-corrected chi connectivity index (χ0v) is 14.7. The van der Waals surface area contributed by atoms with Crippen molar-refractivity contribution >= 4 is 35.2 Å². The van der Waals surface area contributed by atoms with Gasteiger partial charge < -0.3 is 9.73 Å². The molecule has 8 heteroatoms. The molecular formula is C17H17N3O4S. The topological polar surface area (TPSA) is 100 Å². The van der Waals surface area contributed by atoms with E-state index in [0.29, 0.717) is 28.3 Å². The van der Waals surface area contributed by atoms with Crippen molar-refractivity contribution in [3.05, 3.63) is 46.9 Å². The van der Waals surface area contributed by atoms with Crippen LogP contribution in [0.2, 0.25) is 0 Å². The summed E-state index contributed by atoms with van der Waals surface area (Å²) in [6.45, 7) is 5.23. The molecule has 1 aliphatic rings. The van der Waals surface area contributed by atoms with Crippen LogP contribution in [0.1, 0.15) is 39.2 Å². The van der Waals surface area contributed by atoms with Gasteiger partial charge in [0.05, 0.1) is 16.5 Å². The second-order valence-electron chi connectivity index (χ2n) is 5.70. The number of amides is 3. The molecule has 1 unspecified atom stereocenters. The van der Waals surface area contributed by atoms with E-state index in [0.717, 1.165) is 4.90 Å². The van der Waals surface area contributed by atoms with Crippen LogP contribution in [0.4, 0.5) is 5.69 Å². The summed E-state index contributed by atoms with van der Waals surface area (Å²) in [7, 11) is 0. The van der Waals surface area contributed by atoms with Crippen LogP contribution in [0.5, 0.6) is 0 Å². The van der Waals surface area contributed by atoms with Crippen LogP contribution in [0.25, 0.3) is 0 Å². The lowest BCUT2D eigenvalue weighted by Gasteiger charge is -2.21. The predicted molar refractivity (Wildman–Crippen MR) is 93.5 cm³/mol. The molecule has 0 spiro atoms. The first-order valence-electron chi connectivity index (χ1n) is 7.64.